The van der Waals surface area contributed by atoms with E-state index in [0.29, 0.717) is 56.8 Å². The van der Waals surface area contributed by atoms with Crippen LogP contribution in [0.4, 0.5) is 18.0 Å². The summed E-state index contributed by atoms with van der Waals surface area (Å²) in [6.07, 6.45) is -3.16. The lowest BCUT2D eigenvalue weighted by atomic mass is 9.91. The highest BCUT2D eigenvalue weighted by Gasteiger charge is 2.43. The number of alkyl halides is 3. The van der Waals surface area contributed by atoms with Gasteiger partial charge in [0.25, 0.3) is 5.91 Å². The van der Waals surface area contributed by atoms with Gasteiger partial charge >= 0.3 is 12.3 Å². The van der Waals surface area contributed by atoms with Gasteiger partial charge in [0.05, 0.1) is 12.1 Å². The molecule has 0 spiro atoms. The molecular formula is C29H35F3N2O5. The monoisotopic (exact) mass is 548 g/mol. The Hall–Kier alpha value is -3.27. The van der Waals surface area contributed by atoms with E-state index in [1.807, 2.05) is 32.9 Å². The zero-order chi connectivity index (χ0) is 28.4. The Morgan fingerprint density at radius 1 is 0.897 bits per heavy atom. The average molecular weight is 549 g/mol. The van der Waals surface area contributed by atoms with Crippen molar-refractivity contribution in [1.82, 2.24) is 9.80 Å². The predicted molar refractivity (Wildman–Crippen MR) is 139 cm³/mol. The molecule has 2 fully saturated rings. The van der Waals surface area contributed by atoms with E-state index < -0.39 is 22.9 Å². The largest absolute Gasteiger partial charge is 0.490 e. The molecule has 2 heterocycles. The van der Waals surface area contributed by atoms with Crippen molar-refractivity contribution in [3.05, 3.63) is 65.2 Å². The zero-order valence-corrected chi connectivity index (χ0v) is 22.7. The van der Waals surface area contributed by atoms with E-state index >= 15 is 0 Å². The van der Waals surface area contributed by atoms with Crippen molar-refractivity contribution < 1.29 is 37.0 Å². The number of benzene rings is 2. The van der Waals surface area contributed by atoms with Crippen molar-refractivity contribution in [3.63, 3.8) is 0 Å². The Morgan fingerprint density at radius 2 is 1.51 bits per heavy atom. The Bertz CT molecular complexity index is 1150. The normalized spacial score (nSPS) is 20.7. The lowest BCUT2D eigenvalue weighted by molar-refractivity contribution is -0.137. The third kappa shape index (κ3) is 6.84. The summed E-state index contributed by atoms with van der Waals surface area (Å²) in [5.74, 6) is 0.287. The van der Waals surface area contributed by atoms with Crippen LogP contribution in [0.25, 0.3) is 0 Å². The Morgan fingerprint density at radius 3 is 2.05 bits per heavy atom. The first-order valence-corrected chi connectivity index (χ1v) is 13.1. The van der Waals surface area contributed by atoms with Crippen LogP contribution in [0.15, 0.2) is 48.5 Å². The van der Waals surface area contributed by atoms with Crippen LogP contribution in [-0.4, -0.2) is 66.8 Å². The Labute approximate surface area is 226 Å². The predicted octanol–water partition coefficient (Wildman–Crippen LogP) is 5.87. The number of ether oxygens (including phenoxy) is 3. The maximum Gasteiger partial charge on any atom is 0.416 e. The minimum absolute atomic E-state index is 0.0946. The lowest BCUT2D eigenvalue weighted by Crippen LogP contribution is -2.41. The van der Waals surface area contributed by atoms with Crippen LogP contribution >= 0.6 is 0 Å². The van der Waals surface area contributed by atoms with Crippen molar-refractivity contribution in [2.75, 3.05) is 33.3 Å². The number of rotatable bonds is 5. The van der Waals surface area contributed by atoms with Gasteiger partial charge in [-0.05, 0) is 62.7 Å². The summed E-state index contributed by atoms with van der Waals surface area (Å²) in [6, 6.07) is 12.0. The third-order valence-corrected chi connectivity index (χ3v) is 7.15. The smallest absolute Gasteiger partial charge is 0.416 e. The van der Waals surface area contributed by atoms with Crippen molar-refractivity contribution in [2.45, 2.75) is 63.5 Å². The first-order valence-electron chi connectivity index (χ1n) is 13.1. The molecular weight excluding hydrogens is 513 g/mol. The average Bonchev–Trinajstić information content (AvgIpc) is 3.34. The summed E-state index contributed by atoms with van der Waals surface area (Å²) >= 11 is 0. The van der Waals surface area contributed by atoms with Crippen LogP contribution in [0.3, 0.4) is 0 Å². The van der Waals surface area contributed by atoms with E-state index in [0.717, 1.165) is 17.7 Å². The fourth-order valence-corrected chi connectivity index (χ4v) is 4.98. The van der Waals surface area contributed by atoms with E-state index in [1.165, 1.54) is 12.1 Å². The molecule has 212 valence electrons. The molecule has 4 rings (SSSR count). The number of carbonyl (C=O) groups is 2. The summed E-state index contributed by atoms with van der Waals surface area (Å²) in [4.78, 5) is 29.1. The number of likely N-dealkylation sites (tertiary alicyclic amines) is 2. The van der Waals surface area contributed by atoms with Gasteiger partial charge in [0.1, 0.15) is 23.1 Å². The van der Waals surface area contributed by atoms with Crippen molar-refractivity contribution in [2.24, 2.45) is 0 Å². The van der Waals surface area contributed by atoms with Crippen LogP contribution in [0.1, 0.15) is 61.5 Å². The molecule has 2 aromatic rings. The number of hydrogen-bond donors (Lipinski definition) is 0. The number of amides is 2. The summed E-state index contributed by atoms with van der Waals surface area (Å²) in [7, 11) is 1.62. The van der Waals surface area contributed by atoms with E-state index in [9.17, 15) is 22.8 Å². The highest BCUT2D eigenvalue weighted by Crippen LogP contribution is 2.36. The first-order chi connectivity index (χ1) is 18.3. The standard InChI is InChI=1S/C29H35F3N2O5/c1-27(2,3)39-26(36)34-18-15-28(19-34,37-4)21-7-5-20(6-8-21)25(35)33-16-13-24(14-17-33)38-23-11-9-22(10-12-23)29(30,31)32/h5-12,24H,13-19H2,1-4H3. The number of carbonyl (C=O) groups excluding carboxylic acids is 2. The van der Waals surface area contributed by atoms with E-state index in [2.05, 4.69) is 0 Å². The number of methoxy groups -OCH3 is 1. The van der Waals surface area contributed by atoms with E-state index in [1.54, 1.807) is 29.0 Å². The third-order valence-electron chi connectivity index (χ3n) is 7.15. The quantitative estimate of drug-likeness (QED) is 0.468. The first kappa shape index (κ1) is 28.7. The molecule has 0 bridgehead atoms. The molecule has 2 aliphatic heterocycles. The van der Waals surface area contributed by atoms with Crippen LogP contribution in [0.2, 0.25) is 0 Å². The topological polar surface area (TPSA) is 68.3 Å². The Balaban J connectivity index is 1.32. The molecule has 2 aromatic carbocycles. The van der Waals surface area contributed by atoms with Crippen molar-refractivity contribution in [1.29, 1.82) is 0 Å². The SMILES string of the molecule is COC1(c2ccc(C(=O)N3CCC(Oc4ccc(C(F)(F)F)cc4)CC3)cc2)CCN(C(=O)OC(C)(C)C)C1. The highest BCUT2D eigenvalue weighted by molar-refractivity contribution is 5.94. The molecule has 2 saturated heterocycles. The minimum Gasteiger partial charge on any atom is -0.490 e. The van der Waals surface area contributed by atoms with Crippen LogP contribution in [0.5, 0.6) is 5.75 Å². The molecule has 39 heavy (non-hydrogen) atoms. The number of nitrogens with zero attached hydrogens (tertiary/aromatic N) is 2. The maximum absolute atomic E-state index is 13.1. The van der Waals surface area contributed by atoms with E-state index in [-0.39, 0.29) is 18.1 Å². The molecule has 1 atom stereocenters. The number of hydrogen-bond acceptors (Lipinski definition) is 5. The second-order valence-electron chi connectivity index (χ2n) is 11.1. The molecule has 0 N–H and O–H groups in total. The van der Waals surface area contributed by atoms with Crippen LogP contribution < -0.4 is 4.74 Å². The molecule has 2 aliphatic rings. The Kier molecular flexibility index (Phi) is 8.16. The summed E-state index contributed by atoms with van der Waals surface area (Å²) < 4.78 is 55.5. The van der Waals surface area contributed by atoms with Crippen molar-refractivity contribution in [3.8, 4) is 5.75 Å². The van der Waals surface area contributed by atoms with Crippen molar-refractivity contribution >= 4 is 12.0 Å². The number of piperidine rings is 1. The molecule has 7 nitrogen and oxygen atoms in total. The summed E-state index contributed by atoms with van der Waals surface area (Å²) in [5, 5.41) is 0. The molecule has 0 radical (unpaired) electrons. The maximum atomic E-state index is 13.1. The second kappa shape index (κ2) is 11.1. The number of halogens is 3. The van der Waals surface area contributed by atoms with Gasteiger partial charge in [0.2, 0.25) is 0 Å². The molecule has 10 heteroatoms. The molecule has 0 aliphatic carbocycles. The molecule has 2 amide bonds. The summed E-state index contributed by atoms with van der Waals surface area (Å²) in [6.45, 7) is 7.32. The fourth-order valence-electron chi connectivity index (χ4n) is 4.98. The molecule has 0 saturated carbocycles. The molecule has 1 unspecified atom stereocenters. The van der Waals surface area contributed by atoms with Gasteiger partial charge in [-0.25, -0.2) is 4.79 Å². The van der Waals surface area contributed by atoms with Gasteiger partial charge in [-0.3, -0.25) is 4.79 Å². The van der Waals surface area contributed by atoms with Gasteiger partial charge in [-0.1, -0.05) is 12.1 Å². The van der Waals surface area contributed by atoms with Crippen LogP contribution in [-0.2, 0) is 21.3 Å². The lowest BCUT2D eigenvalue weighted by Gasteiger charge is -2.32. The van der Waals surface area contributed by atoms with Gasteiger partial charge in [-0.15, -0.1) is 0 Å². The second-order valence-corrected chi connectivity index (χ2v) is 11.1. The van der Waals surface area contributed by atoms with Gasteiger partial charge in [0.15, 0.2) is 0 Å². The minimum atomic E-state index is -4.38. The highest BCUT2D eigenvalue weighted by atomic mass is 19.4. The summed E-state index contributed by atoms with van der Waals surface area (Å²) in [5.41, 5.74) is -0.538. The fraction of sp³-hybridized carbons (Fsp3) is 0.517. The molecule has 0 aromatic heterocycles. The van der Waals surface area contributed by atoms with Gasteiger partial charge < -0.3 is 24.0 Å². The van der Waals surface area contributed by atoms with Gasteiger partial charge in [-0.2, -0.15) is 13.2 Å². The zero-order valence-electron chi connectivity index (χ0n) is 22.7. The van der Waals surface area contributed by atoms with Gasteiger partial charge in [0, 0.05) is 51.6 Å². The van der Waals surface area contributed by atoms with E-state index in [4.69, 9.17) is 14.2 Å². The van der Waals surface area contributed by atoms with Crippen LogP contribution in [0, 0.1) is 0 Å².